The van der Waals surface area contributed by atoms with Crippen molar-refractivity contribution in [3.05, 3.63) is 0 Å². The van der Waals surface area contributed by atoms with Crippen molar-refractivity contribution >= 4 is 22.5 Å². The molecule has 1 rings (SSSR count). The summed E-state index contributed by atoms with van der Waals surface area (Å²) in [6, 6.07) is 0.339. The Labute approximate surface area is 101 Å². The summed E-state index contributed by atoms with van der Waals surface area (Å²) >= 11 is 0. The second-order valence-electron chi connectivity index (χ2n) is 6.55. The van der Waals surface area contributed by atoms with E-state index in [0.717, 1.165) is 13.0 Å². The fraction of sp³-hybridized carbons (Fsp3) is 0.909. The number of amides is 1. The van der Waals surface area contributed by atoms with Gasteiger partial charge in [0.25, 0.3) is 0 Å². The summed E-state index contributed by atoms with van der Waals surface area (Å²) in [5, 5.41) is 0. The van der Waals surface area contributed by atoms with Crippen molar-refractivity contribution in [2.45, 2.75) is 58.2 Å². The van der Waals surface area contributed by atoms with E-state index in [4.69, 9.17) is 4.43 Å². The highest BCUT2D eigenvalue weighted by molar-refractivity contribution is 6.75. The first kappa shape index (κ1) is 13.9. The molecule has 1 heterocycles. The van der Waals surface area contributed by atoms with E-state index in [1.54, 1.807) is 0 Å². The van der Waals surface area contributed by atoms with Gasteiger partial charge >= 0.3 is 0 Å². The van der Waals surface area contributed by atoms with Crippen LogP contribution < -0.4 is 0 Å². The zero-order chi connectivity index (χ0) is 12.6. The van der Waals surface area contributed by atoms with E-state index in [1.807, 2.05) is 0 Å². The highest BCUT2D eigenvalue weighted by Crippen LogP contribution is 2.26. The van der Waals surface area contributed by atoms with Crippen LogP contribution >= 0.6 is 0 Å². The molecule has 0 unspecified atom stereocenters. The molecule has 0 bridgehead atoms. The topological polar surface area (TPSA) is 29.5 Å². The van der Waals surface area contributed by atoms with Gasteiger partial charge in [0.15, 0.2) is 16.6 Å². The number of rotatable bonds is 4. The quantitative estimate of drug-likeness (QED) is 0.727. The van der Waals surface area contributed by atoms with Crippen LogP contribution in [0.15, 0.2) is 0 Å². The van der Waals surface area contributed by atoms with Crippen LogP contribution in [0.5, 0.6) is 0 Å². The van der Waals surface area contributed by atoms with Crippen molar-refractivity contribution in [2.24, 2.45) is 0 Å². The van der Waals surface area contributed by atoms with Gasteiger partial charge in [-0.1, -0.05) is 19.6 Å². The fourth-order valence-electron chi connectivity index (χ4n) is 2.17. The molecule has 5 heteroatoms. The zero-order valence-corrected chi connectivity index (χ0v) is 13.5. The summed E-state index contributed by atoms with van der Waals surface area (Å²) in [7, 11) is -2.99. The Bertz CT molecular complexity index is 268. The third-order valence-corrected chi connectivity index (χ3v) is 5.85. The van der Waals surface area contributed by atoms with Crippen molar-refractivity contribution in [1.29, 1.82) is 0 Å². The molecule has 94 valence electrons. The van der Waals surface area contributed by atoms with Crippen LogP contribution in [-0.4, -0.2) is 39.7 Å². The molecule has 1 atom stereocenters. The Hall–Kier alpha value is -0.136. The molecule has 1 aliphatic heterocycles. The predicted octanol–water partition coefficient (Wildman–Crippen LogP) is 2.66. The molecule has 0 aliphatic carbocycles. The van der Waals surface area contributed by atoms with E-state index in [-0.39, 0.29) is 0 Å². The van der Waals surface area contributed by atoms with Crippen molar-refractivity contribution in [2.75, 3.05) is 6.61 Å². The van der Waals surface area contributed by atoms with Crippen molar-refractivity contribution in [3.63, 3.8) is 0 Å². The van der Waals surface area contributed by atoms with Crippen molar-refractivity contribution in [1.82, 2.24) is 4.57 Å². The van der Waals surface area contributed by atoms with E-state index >= 15 is 0 Å². The van der Waals surface area contributed by atoms with Gasteiger partial charge in [-0.2, -0.15) is 0 Å². The van der Waals surface area contributed by atoms with Gasteiger partial charge in [0, 0.05) is 12.5 Å². The Balaban J connectivity index is 2.63. The second-order valence-corrected chi connectivity index (χ2v) is 15.9. The highest BCUT2D eigenvalue weighted by Gasteiger charge is 2.39. The number of carbonyl (C=O) groups excluding carboxylic acids is 1. The van der Waals surface area contributed by atoms with Crippen LogP contribution in [0.2, 0.25) is 39.3 Å². The number of carbonyl (C=O) groups is 1. The minimum atomic E-state index is -1.53. The smallest absolute Gasteiger partial charge is 0.215 e. The lowest BCUT2D eigenvalue weighted by atomic mass is 10.2. The average Bonchev–Trinajstić information content (AvgIpc) is 2.41. The van der Waals surface area contributed by atoms with Crippen LogP contribution in [0.4, 0.5) is 0 Å². The number of hydrogen-bond donors (Lipinski definition) is 0. The lowest BCUT2D eigenvalue weighted by Crippen LogP contribution is -2.53. The first-order valence-corrected chi connectivity index (χ1v) is 12.9. The van der Waals surface area contributed by atoms with E-state index in [9.17, 15) is 4.79 Å². The SMILES string of the molecule is C[Si](C)(C)OC[C@@H]1CCC(=O)N1[Si](C)(C)C. The summed E-state index contributed by atoms with van der Waals surface area (Å²) in [5.41, 5.74) is 0. The van der Waals surface area contributed by atoms with E-state index in [1.165, 1.54) is 0 Å². The first-order chi connectivity index (χ1) is 7.11. The highest BCUT2D eigenvalue weighted by atomic mass is 28.4. The summed E-state index contributed by atoms with van der Waals surface area (Å²) in [4.78, 5) is 11.9. The molecule has 1 amide bonds. The molecular weight excluding hydrogens is 234 g/mol. The third-order valence-electron chi connectivity index (χ3n) is 2.76. The Morgan fingerprint density at radius 1 is 1.25 bits per heavy atom. The predicted molar refractivity (Wildman–Crippen MR) is 72.5 cm³/mol. The molecule has 1 saturated heterocycles. The summed E-state index contributed by atoms with van der Waals surface area (Å²) in [6.45, 7) is 14.0. The van der Waals surface area contributed by atoms with Gasteiger partial charge in [-0.05, 0) is 26.1 Å². The van der Waals surface area contributed by atoms with E-state index < -0.39 is 16.6 Å². The van der Waals surface area contributed by atoms with Crippen LogP contribution in [-0.2, 0) is 9.22 Å². The standard InChI is InChI=1S/C11H25NO2Si2/c1-15(2,3)12-10(7-8-11(12)13)9-14-16(4,5)6/h10H,7-9H2,1-6H3/t10-/m0/s1. The van der Waals surface area contributed by atoms with Crippen molar-refractivity contribution in [3.8, 4) is 0 Å². The molecule has 0 radical (unpaired) electrons. The molecule has 0 aromatic heterocycles. The van der Waals surface area contributed by atoms with Crippen LogP contribution in [0, 0.1) is 0 Å². The monoisotopic (exact) mass is 259 g/mol. The molecule has 3 nitrogen and oxygen atoms in total. The number of nitrogens with zero attached hydrogens (tertiary/aromatic N) is 1. The van der Waals surface area contributed by atoms with Gasteiger partial charge in [-0.25, -0.2) is 0 Å². The fourth-order valence-corrected chi connectivity index (χ4v) is 5.02. The normalized spacial score (nSPS) is 23.0. The van der Waals surface area contributed by atoms with E-state index in [2.05, 4.69) is 43.8 Å². The Morgan fingerprint density at radius 3 is 2.25 bits per heavy atom. The van der Waals surface area contributed by atoms with Crippen molar-refractivity contribution < 1.29 is 9.22 Å². The van der Waals surface area contributed by atoms with Gasteiger partial charge in [0.2, 0.25) is 5.91 Å². The minimum Gasteiger partial charge on any atom is -0.416 e. The maximum absolute atomic E-state index is 11.9. The molecule has 16 heavy (non-hydrogen) atoms. The summed E-state index contributed by atoms with van der Waals surface area (Å²) in [6.07, 6.45) is 1.69. The minimum absolute atomic E-state index is 0.336. The molecule has 0 aromatic rings. The summed E-state index contributed by atoms with van der Waals surface area (Å²) < 4.78 is 8.10. The first-order valence-electron chi connectivity index (χ1n) is 6.07. The molecule has 0 N–H and O–H groups in total. The van der Waals surface area contributed by atoms with Gasteiger partial charge in [-0.15, -0.1) is 0 Å². The van der Waals surface area contributed by atoms with Gasteiger partial charge in [0.1, 0.15) is 0 Å². The number of hydrogen-bond acceptors (Lipinski definition) is 2. The summed E-state index contributed by atoms with van der Waals surface area (Å²) in [5.74, 6) is 0.336. The molecule has 1 aliphatic rings. The molecular formula is C11H25NO2Si2. The largest absolute Gasteiger partial charge is 0.416 e. The zero-order valence-electron chi connectivity index (χ0n) is 11.5. The molecule has 0 spiro atoms. The Morgan fingerprint density at radius 2 is 1.81 bits per heavy atom. The maximum atomic E-state index is 11.9. The average molecular weight is 259 g/mol. The maximum Gasteiger partial charge on any atom is 0.215 e. The van der Waals surface area contributed by atoms with Crippen LogP contribution in [0.25, 0.3) is 0 Å². The lowest BCUT2D eigenvalue weighted by molar-refractivity contribution is -0.125. The molecule has 0 saturated carbocycles. The van der Waals surface area contributed by atoms with Gasteiger partial charge < -0.3 is 8.99 Å². The molecule has 1 fully saturated rings. The second kappa shape index (κ2) is 4.62. The van der Waals surface area contributed by atoms with Crippen LogP contribution in [0.3, 0.4) is 0 Å². The lowest BCUT2D eigenvalue weighted by Gasteiger charge is -2.36. The third kappa shape index (κ3) is 3.71. The van der Waals surface area contributed by atoms with Gasteiger partial charge in [-0.3, -0.25) is 4.79 Å². The van der Waals surface area contributed by atoms with Gasteiger partial charge in [0.05, 0.1) is 6.61 Å². The molecule has 0 aromatic carbocycles. The van der Waals surface area contributed by atoms with E-state index in [0.29, 0.717) is 18.4 Å². The van der Waals surface area contributed by atoms with Crippen LogP contribution in [0.1, 0.15) is 12.8 Å². The Kier molecular flexibility index (Phi) is 4.02.